The van der Waals surface area contributed by atoms with E-state index in [0.717, 1.165) is 43.0 Å². The highest BCUT2D eigenvalue weighted by molar-refractivity contribution is 6.66. The fourth-order valence-electron chi connectivity index (χ4n) is 7.95. The Kier molecular flexibility index (Phi) is 19.3. The van der Waals surface area contributed by atoms with Crippen molar-refractivity contribution >= 4 is 91.4 Å². The molecule has 5 N–H and O–H groups in total. The Labute approximate surface area is 427 Å². The fraction of sp³-hybridized carbons (Fsp3) is 0.269. The van der Waals surface area contributed by atoms with Gasteiger partial charge in [-0.25, -0.2) is 29.5 Å². The number of halogens is 1. The van der Waals surface area contributed by atoms with Crippen molar-refractivity contribution in [1.82, 2.24) is 40.8 Å². The molecule has 2 aliphatic heterocycles. The van der Waals surface area contributed by atoms with Gasteiger partial charge in [0.05, 0.1) is 42.7 Å². The number of hydrogen-bond donors (Lipinski definition) is 5. The average molecular weight is 1010 g/mol. The molecule has 7 amide bonds. The molecular weight excluding hydrogens is 956 g/mol. The number of nitrogens with zero attached hydrogens (tertiary/aromatic N) is 7. The van der Waals surface area contributed by atoms with Crippen molar-refractivity contribution in [3.05, 3.63) is 134 Å². The molecule has 0 saturated carbocycles. The summed E-state index contributed by atoms with van der Waals surface area (Å²) in [5, 5.41) is 15.4. The second-order valence-electron chi connectivity index (χ2n) is 16.5. The molecule has 6 aromatic rings. The van der Waals surface area contributed by atoms with Crippen LogP contribution in [0.1, 0.15) is 36.8 Å². The number of benzene rings is 4. The number of allylic oxidation sites excluding steroid dienone is 1. The highest BCUT2D eigenvalue weighted by atomic mass is 35.5. The number of rotatable bonds is 14. The molecule has 2 saturated heterocycles. The van der Waals surface area contributed by atoms with Crippen LogP contribution in [0.4, 0.5) is 32.6 Å². The SMILES string of the molecule is C=CC(=O)Cl.C=CC(=O)N1CCC[C@H]1C(=O)Nc1cc2c(N(C)C(=O)NCc3ccccc3)ncnc2cc1OC.COc1cc2ncnc(N(C)C(=O)NCc3ccccc3)c2cc1NC(=O)[C@@H]1CCCN1. The van der Waals surface area contributed by atoms with Gasteiger partial charge in [-0.15, -0.1) is 0 Å². The molecule has 0 aliphatic carbocycles. The van der Waals surface area contributed by atoms with Crippen LogP contribution in [0.15, 0.2) is 123 Å². The van der Waals surface area contributed by atoms with Crippen LogP contribution in [0, 0.1) is 0 Å². The largest absolute Gasteiger partial charge is 0.494 e. The first-order valence-electron chi connectivity index (χ1n) is 23.1. The summed E-state index contributed by atoms with van der Waals surface area (Å²) in [4.78, 5) is 94.6. The number of hydrogen-bond acceptors (Lipinski definition) is 13. The van der Waals surface area contributed by atoms with E-state index >= 15 is 0 Å². The zero-order chi connectivity index (χ0) is 52.4. The molecule has 2 aromatic heterocycles. The minimum atomic E-state index is -0.603. The molecule has 0 unspecified atom stereocenters. The summed E-state index contributed by atoms with van der Waals surface area (Å²) >= 11 is 4.71. The van der Waals surface area contributed by atoms with Gasteiger partial charge >= 0.3 is 12.1 Å². The van der Waals surface area contributed by atoms with Gasteiger partial charge in [0.15, 0.2) is 0 Å². The van der Waals surface area contributed by atoms with Gasteiger partial charge in [0.1, 0.15) is 41.8 Å². The highest BCUT2D eigenvalue weighted by Crippen LogP contribution is 2.35. The van der Waals surface area contributed by atoms with Crippen LogP contribution in [-0.2, 0) is 32.3 Å². The van der Waals surface area contributed by atoms with Crippen molar-refractivity contribution in [2.24, 2.45) is 0 Å². The van der Waals surface area contributed by atoms with Gasteiger partial charge in [-0.3, -0.25) is 29.0 Å². The summed E-state index contributed by atoms with van der Waals surface area (Å²) in [7, 11) is 6.29. The number of anilines is 4. The van der Waals surface area contributed by atoms with Gasteiger partial charge < -0.3 is 41.0 Å². The number of urea groups is 2. The van der Waals surface area contributed by atoms with E-state index in [-0.39, 0.29) is 35.8 Å². The summed E-state index contributed by atoms with van der Waals surface area (Å²) in [6.45, 7) is 8.69. The number of fused-ring (bicyclic) bond motifs is 2. The summed E-state index contributed by atoms with van der Waals surface area (Å²) in [5.74, 6) is 0.962. The van der Waals surface area contributed by atoms with E-state index in [0.29, 0.717) is 82.4 Å². The van der Waals surface area contributed by atoms with Crippen LogP contribution >= 0.6 is 11.6 Å². The zero-order valence-electron chi connectivity index (χ0n) is 40.9. The highest BCUT2D eigenvalue weighted by Gasteiger charge is 2.34. The second-order valence-corrected chi connectivity index (χ2v) is 16.8. The van der Waals surface area contributed by atoms with Gasteiger partial charge in [0, 0.05) is 56.6 Å². The maximum absolute atomic E-state index is 13.1. The van der Waals surface area contributed by atoms with E-state index in [1.165, 1.54) is 47.6 Å². The van der Waals surface area contributed by atoms with Crippen molar-refractivity contribution in [3.8, 4) is 11.5 Å². The van der Waals surface area contributed by atoms with Crippen LogP contribution < -0.4 is 45.9 Å². The number of likely N-dealkylation sites (tertiary alicyclic amines) is 1. The Hall–Kier alpha value is -8.49. The number of nitrogens with one attached hydrogen (secondary N) is 5. The summed E-state index contributed by atoms with van der Waals surface area (Å²) < 4.78 is 10.9. The van der Waals surface area contributed by atoms with Crippen molar-refractivity contribution in [3.63, 3.8) is 0 Å². The minimum Gasteiger partial charge on any atom is -0.494 e. The first kappa shape index (κ1) is 53.9. The van der Waals surface area contributed by atoms with E-state index in [9.17, 15) is 28.8 Å². The van der Waals surface area contributed by atoms with Crippen LogP contribution in [0.3, 0.4) is 0 Å². The molecule has 4 aromatic carbocycles. The minimum absolute atomic E-state index is 0.118. The second kappa shape index (κ2) is 26.1. The molecule has 0 spiro atoms. The zero-order valence-corrected chi connectivity index (χ0v) is 41.6. The standard InChI is InChI=1S/C26H28N6O4.C23H26N6O3.C3H3ClO/c1-4-23(33)32-12-8-11-21(32)25(34)30-20-13-18-19(14-22(20)36-3)28-16-29-24(18)31(2)26(35)27-15-17-9-6-5-7-10-17;1-29(23(31)25-13-15-7-4-3-5-8-15)21-16-11-19(28-22(30)17-9-6-10-24-17)20(32-2)12-18(16)26-14-27-21;1-2-3(4)5/h4-7,9-10,13-14,16,21H,1,8,11-12,15H2,2-3H3,(H,27,35)(H,30,34);3-5,7-8,11-12,14,17,24H,6,9-10,13H2,1-2H3,(H,25,31)(H,28,30);2H,1H2/t21-;17-;/m00./s1. The first-order valence-corrected chi connectivity index (χ1v) is 23.5. The molecule has 21 heteroatoms. The predicted molar refractivity (Wildman–Crippen MR) is 281 cm³/mol. The third-order valence-corrected chi connectivity index (χ3v) is 11.9. The van der Waals surface area contributed by atoms with E-state index in [4.69, 9.17) is 21.1 Å². The van der Waals surface area contributed by atoms with Crippen LogP contribution in [0.5, 0.6) is 11.5 Å². The lowest BCUT2D eigenvalue weighted by molar-refractivity contribution is -0.132. The first-order chi connectivity index (χ1) is 35.3. The van der Waals surface area contributed by atoms with Crippen molar-refractivity contribution in [1.29, 1.82) is 0 Å². The maximum atomic E-state index is 13.1. The van der Waals surface area contributed by atoms with Gasteiger partial charge in [-0.1, -0.05) is 73.8 Å². The van der Waals surface area contributed by atoms with E-state index < -0.39 is 11.3 Å². The predicted octanol–water partition coefficient (Wildman–Crippen LogP) is 6.71. The Morgan fingerprint density at radius 3 is 1.60 bits per heavy atom. The van der Waals surface area contributed by atoms with Crippen molar-refractivity contribution in [2.45, 2.75) is 50.9 Å². The van der Waals surface area contributed by atoms with Crippen LogP contribution in [-0.4, -0.2) is 113 Å². The normalized spacial score (nSPS) is 14.5. The molecule has 2 atom stereocenters. The lowest BCUT2D eigenvalue weighted by Crippen LogP contribution is -2.42. The molecule has 380 valence electrons. The topological polar surface area (TPSA) is 242 Å². The molecule has 73 heavy (non-hydrogen) atoms. The smallest absolute Gasteiger partial charge is 0.323 e. The Bertz CT molecular complexity index is 2960. The van der Waals surface area contributed by atoms with Gasteiger partial charge in [-0.05, 0) is 79.2 Å². The molecule has 2 fully saturated rings. The Morgan fingerprint density at radius 1 is 0.699 bits per heavy atom. The summed E-state index contributed by atoms with van der Waals surface area (Å²) in [6.07, 6.45) is 8.07. The monoisotopic (exact) mass is 1010 g/mol. The quantitative estimate of drug-likeness (QED) is 0.0564. The number of methoxy groups -OCH3 is 2. The van der Waals surface area contributed by atoms with E-state index in [1.807, 2.05) is 60.7 Å². The van der Waals surface area contributed by atoms with Gasteiger partial charge in [0.2, 0.25) is 23.0 Å². The molecule has 2 aliphatic rings. The summed E-state index contributed by atoms with van der Waals surface area (Å²) in [6, 6.07) is 24.6. The fourth-order valence-corrected chi connectivity index (χ4v) is 7.95. The Morgan fingerprint density at radius 2 is 1.18 bits per heavy atom. The van der Waals surface area contributed by atoms with E-state index in [1.54, 1.807) is 38.4 Å². The number of carbonyl (C=O) groups excluding carboxylic acids is 6. The number of ether oxygens (including phenoxy) is 2. The lowest BCUT2D eigenvalue weighted by Gasteiger charge is -2.23. The molecule has 8 rings (SSSR count). The molecule has 20 nitrogen and oxygen atoms in total. The third kappa shape index (κ3) is 14.1. The number of amides is 7. The summed E-state index contributed by atoms with van der Waals surface area (Å²) in [5.41, 5.74) is 4.01. The molecular formula is C52H57ClN12O8. The number of aromatic nitrogens is 4. The van der Waals surface area contributed by atoms with Gasteiger partial charge in [-0.2, -0.15) is 0 Å². The van der Waals surface area contributed by atoms with Gasteiger partial charge in [0.25, 0.3) is 0 Å². The Balaban J connectivity index is 0.000000219. The van der Waals surface area contributed by atoms with E-state index in [2.05, 4.69) is 59.7 Å². The third-order valence-electron chi connectivity index (χ3n) is 11.8. The molecule has 4 heterocycles. The average Bonchev–Trinajstić information content (AvgIpc) is 4.16. The number of carbonyl (C=O) groups is 6. The lowest BCUT2D eigenvalue weighted by atomic mass is 10.1. The maximum Gasteiger partial charge on any atom is 0.323 e. The van der Waals surface area contributed by atoms with Crippen molar-refractivity contribution in [2.75, 3.05) is 61.8 Å². The molecule has 0 bridgehead atoms. The van der Waals surface area contributed by atoms with Crippen molar-refractivity contribution < 1.29 is 38.2 Å². The van der Waals surface area contributed by atoms with Crippen LogP contribution in [0.25, 0.3) is 21.8 Å². The molecule has 0 radical (unpaired) electrons. The van der Waals surface area contributed by atoms with Crippen LogP contribution in [0.2, 0.25) is 0 Å².